The van der Waals surface area contributed by atoms with Crippen molar-refractivity contribution in [3.63, 3.8) is 0 Å². The van der Waals surface area contributed by atoms with Gasteiger partial charge in [0.1, 0.15) is 13.2 Å². The molecule has 0 aromatic carbocycles. The van der Waals surface area contributed by atoms with Crippen LogP contribution in [-0.4, -0.2) is 37.2 Å². The van der Waals surface area contributed by atoms with Crippen LogP contribution >= 0.6 is 0 Å². The van der Waals surface area contributed by atoms with Crippen molar-refractivity contribution in [3.05, 3.63) is 0 Å². The zero-order valence-electron chi connectivity index (χ0n) is 31.0. The lowest BCUT2D eigenvalue weighted by Gasteiger charge is -2.18. The molecule has 1 atom stereocenters. The van der Waals surface area contributed by atoms with Crippen molar-refractivity contribution in [2.75, 3.05) is 13.2 Å². The van der Waals surface area contributed by atoms with Crippen LogP contribution in [0.4, 0.5) is 0 Å². The number of hydrogen-bond acceptors (Lipinski definition) is 6. The number of ether oxygens (including phenoxy) is 3. The van der Waals surface area contributed by atoms with E-state index >= 15 is 0 Å². The molecule has 0 N–H and O–H groups in total. The number of unbranched alkanes of at least 4 members (excludes halogenated alkanes) is 24. The summed E-state index contributed by atoms with van der Waals surface area (Å²) in [6.07, 6.45) is 32.8. The second kappa shape index (κ2) is 34.7. The number of rotatable bonds is 35. The summed E-state index contributed by atoms with van der Waals surface area (Å²) in [4.78, 5) is 37.0. The largest absolute Gasteiger partial charge is 0.462 e. The zero-order valence-corrected chi connectivity index (χ0v) is 31.0. The smallest absolute Gasteiger partial charge is 0.306 e. The molecule has 0 bridgehead atoms. The molecule has 0 aromatic rings. The Morgan fingerprint density at radius 3 is 1.07 bits per heavy atom. The monoisotopic (exact) mass is 653 g/mol. The summed E-state index contributed by atoms with van der Waals surface area (Å²) in [6, 6.07) is 0. The first kappa shape index (κ1) is 44.4. The summed E-state index contributed by atoms with van der Waals surface area (Å²) in [6.45, 7) is 8.27. The van der Waals surface area contributed by atoms with Crippen molar-refractivity contribution in [2.45, 2.75) is 220 Å². The normalized spacial score (nSPS) is 11.9. The van der Waals surface area contributed by atoms with Gasteiger partial charge in [0.25, 0.3) is 0 Å². The van der Waals surface area contributed by atoms with E-state index in [2.05, 4.69) is 13.8 Å². The number of carbonyl (C=O) groups excluding carboxylic acids is 3. The number of carbonyl (C=O) groups is 3. The molecular weight excluding hydrogens is 576 g/mol. The summed E-state index contributed by atoms with van der Waals surface area (Å²) in [5.74, 6) is -0.748. The highest BCUT2D eigenvalue weighted by molar-refractivity contribution is 5.71. The van der Waals surface area contributed by atoms with Gasteiger partial charge in [-0.1, -0.05) is 182 Å². The quantitative estimate of drug-likeness (QED) is 0.0385. The second-order valence-corrected chi connectivity index (χ2v) is 14.1. The van der Waals surface area contributed by atoms with Gasteiger partial charge >= 0.3 is 17.9 Å². The van der Waals surface area contributed by atoms with Crippen molar-refractivity contribution < 1.29 is 28.6 Å². The van der Waals surface area contributed by atoms with Gasteiger partial charge in [-0.25, -0.2) is 0 Å². The highest BCUT2D eigenvalue weighted by Crippen LogP contribution is 2.15. The summed E-state index contributed by atoms with van der Waals surface area (Å²) in [5, 5.41) is 0. The molecule has 0 aliphatic rings. The van der Waals surface area contributed by atoms with Crippen LogP contribution in [0.2, 0.25) is 0 Å². The van der Waals surface area contributed by atoms with E-state index in [-0.39, 0.29) is 37.0 Å². The maximum Gasteiger partial charge on any atom is 0.306 e. The predicted octanol–water partition coefficient (Wildman–Crippen LogP) is 12.0. The molecule has 0 saturated carbocycles. The van der Waals surface area contributed by atoms with Gasteiger partial charge in [0, 0.05) is 19.3 Å². The predicted molar refractivity (Wildman–Crippen MR) is 192 cm³/mol. The molecule has 0 aromatic heterocycles. The molecule has 0 fully saturated rings. The summed E-state index contributed by atoms with van der Waals surface area (Å²) < 4.78 is 16.4. The molecule has 0 unspecified atom stereocenters. The molecule has 0 saturated heterocycles. The van der Waals surface area contributed by atoms with E-state index in [0.717, 1.165) is 38.5 Å². The fraction of sp³-hybridized carbons (Fsp3) is 0.925. The van der Waals surface area contributed by atoms with Crippen molar-refractivity contribution in [1.29, 1.82) is 0 Å². The third-order valence-electron chi connectivity index (χ3n) is 8.70. The zero-order chi connectivity index (χ0) is 33.9. The van der Waals surface area contributed by atoms with Crippen LogP contribution in [0.5, 0.6) is 0 Å². The van der Waals surface area contributed by atoms with E-state index in [0.29, 0.717) is 19.3 Å². The lowest BCUT2D eigenvalue weighted by Crippen LogP contribution is -2.31. The van der Waals surface area contributed by atoms with Crippen molar-refractivity contribution >= 4 is 17.9 Å². The fourth-order valence-corrected chi connectivity index (χ4v) is 5.77. The van der Waals surface area contributed by atoms with Crippen molar-refractivity contribution in [2.24, 2.45) is 5.92 Å². The standard InChI is InChI=1S/C40H76O6/c1-5-7-9-11-13-15-17-19-21-23-25-27-29-31-38(41)44-34-37(35-45-40(43)33-36(3)4)46-39(42)32-30-28-26-24-22-20-18-16-14-12-10-8-6-2/h36-37H,5-35H2,1-4H3/t37-/m1/s1. The van der Waals surface area contributed by atoms with Gasteiger partial charge in [0.2, 0.25) is 0 Å². The lowest BCUT2D eigenvalue weighted by molar-refractivity contribution is -0.167. The minimum atomic E-state index is -0.763. The molecule has 272 valence electrons. The first-order valence-corrected chi connectivity index (χ1v) is 19.9. The van der Waals surface area contributed by atoms with E-state index in [9.17, 15) is 14.4 Å². The van der Waals surface area contributed by atoms with Crippen LogP contribution in [0.1, 0.15) is 214 Å². The van der Waals surface area contributed by atoms with Gasteiger partial charge in [-0.15, -0.1) is 0 Å². The lowest BCUT2D eigenvalue weighted by atomic mass is 10.0. The molecule has 6 nitrogen and oxygen atoms in total. The van der Waals surface area contributed by atoms with Crippen molar-refractivity contribution in [1.82, 2.24) is 0 Å². The van der Waals surface area contributed by atoms with Crippen LogP contribution < -0.4 is 0 Å². The Balaban J connectivity index is 4.08. The van der Waals surface area contributed by atoms with Crippen LogP contribution in [0.25, 0.3) is 0 Å². The highest BCUT2D eigenvalue weighted by atomic mass is 16.6. The van der Waals surface area contributed by atoms with E-state index in [1.807, 2.05) is 13.8 Å². The maximum absolute atomic E-state index is 12.5. The van der Waals surface area contributed by atoms with Crippen LogP contribution in [-0.2, 0) is 28.6 Å². The van der Waals surface area contributed by atoms with Gasteiger partial charge < -0.3 is 14.2 Å². The Morgan fingerprint density at radius 2 is 0.717 bits per heavy atom. The molecule has 6 heteroatoms. The van der Waals surface area contributed by atoms with E-state index in [1.165, 1.54) is 128 Å². The minimum absolute atomic E-state index is 0.0728. The summed E-state index contributed by atoms with van der Waals surface area (Å²) >= 11 is 0. The van der Waals surface area contributed by atoms with Gasteiger partial charge in [-0.2, -0.15) is 0 Å². The average molecular weight is 653 g/mol. The molecule has 0 heterocycles. The van der Waals surface area contributed by atoms with E-state index in [1.54, 1.807) is 0 Å². The molecule has 0 aliphatic heterocycles. The van der Waals surface area contributed by atoms with Gasteiger partial charge in [-0.3, -0.25) is 14.4 Å². The van der Waals surface area contributed by atoms with Crippen LogP contribution in [0.3, 0.4) is 0 Å². The topological polar surface area (TPSA) is 78.9 Å². The molecule has 0 radical (unpaired) electrons. The fourth-order valence-electron chi connectivity index (χ4n) is 5.77. The van der Waals surface area contributed by atoms with E-state index < -0.39 is 6.10 Å². The van der Waals surface area contributed by atoms with Gasteiger partial charge in [-0.05, 0) is 18.8 Å². The Kier molecular flexibility index (Phi) is 33.5. The first-order chi connectivity index (χ1) is 22.4. The Bertz CT molecular complexity index is 691. The Labute approximate surface area is 285 Å². The minimum Gasteiger partial charge on any atom is -0.462 e. The Hall–Kier alpha value is -1.59. The molecule has 0 amide bonds. The van der Waals surface area contributed by atoms with Gasteiger partial charge in [0.15, 0.2) is 6.10 Å². The summed E-state index contributed by atoms with van der Waals surface area (Å²) in [7, 11) is 0. The number of hydrogen-bond donors (Lipinski definition) is 0. The Morgan fingerprint density at radius 1 is 0.413 bits per heavy atom. The molecule has 0 aliphatic carbocycles. The molecule has 0 spiro atoms. The molecular formula is C40H76O6. The second-order valence-electron chi connectivity index (χ2n) is 14.1. The van der Waals surface area contributed by atoms with E-state index in [4.69, 9.17) is 14.2 Å². The number of esters is 3. The van der Waals surface area contributed by atoms with Gasteiger partial charge in [0.05, 0.1) is 0 Å². The first-order valence-electron chi connectivity index (χ1n) is 19.9. The average Bonchev–Trinajstić information content (AvgIpc) is 3.02. The highest BCUT2D eigenvalue weighted by Gasteiger charge is 2.20. The van der Waals surface area contributed by atoms with Crippen LogP contribution in [0, 0.1) is 5.92 Å². The molecule has 46 heavy (non-hydrogen) atoms. The SMILES string of the molecule is CCCCCCCCCCCCCCCC(=O)OC[C@H](COC(=O)CC(C)C)OC(=O)CCCCCCCCCCCCCCC. The third-order valence-corrected chi connectivity index (χ3v) is 8.70. The van der Waals surface area contributed by atoms with Crippen LogP contribution in [0.15, 0.2) is 0 Å². The van der Waals surface area contributed by atoms with Crippen molar-refractivity contribution in [3.8, 4) is 0 Å². The molecule has 0 rings (SSSR count). The maximum atomic E-state index is 12.5. The third kappa shape index (κ3) is 33.8. The summed E-state index contributed by atoms with van der Waals surface area (Å²) in [5.41, 5.74) is 0.